The highest BCUT2D eigenvalue weighted by atomic mass is 32.2. The van der Waals surface area contributed by atoms with Gasteiger partial charge in [0.1, 0.15) is 6.54 Å². The molecule has 5 nitrogen and oxygen atoms in total. The molecule has 1 aromatic heterocycles. The third-order valence-corrected chi connectivity index (χ3v) is 4.91. The normalized spacial score (nSPS) is 13.1. The van der Waals surface area contributed by atoms with E-state index in [0.717, 1.165) is 24.2 Å². The maximum Gasteiger partial charge on any atom is 0.323 e. The average molecular weight is 352 g/mol. The first-order chi connectivity index (χ1) is 11.5. The Morgan fingerprint density at radius 2 is 2.12 bits per heavy atom. The van der Waals surface area contributed by atoms with Crippen molar-refractivity contribution in [2.75, 3.05) is 0 Å². The number of carboxylic acids is 1. The Hall–Kier alpha value is -2.22. The molecule has 0 radical (unpaired) electrons. The van der Waals surface area contributed by atoms with Gasteiger partial charge in [-0.1, -0.05) is 23.9 Å². The zero-order valence-electron chi connectivity index (χ0n) is 12.6. The first kappa shape index (κ1) is 16.6. The molecule has 0 atom stereocenters. The molecule has 1 aliphatic rings. The van der Waals surface area contributed by atoms with E-state index in [2.05, 4.69) is 4.98 Å². The highest BCUT2D eigenvalue weighted by Gasteiger charge is 2.23. The smallest absolute Gasteiger partial charge is 0.323 e. The molecule has 1 aliphatic carbocycles. The summed E-state index contributed by atoms with van der Waals surface area (Å²) in [5.41, 5.74) is 1.00. The van der Waals surface area contributed by atoms with Crippen molar-refractivity contribution in [3.8, 4) is 0 Å². The molecule has 8 heteroatoms. The average Bonchev–Trinajstić information content (AvgIpc) is 3.02. The van der Waals surface area contributed by atoms with Crippen molar-refractivity contribution in [3.63, 3.8) is 0 Å². The molecule has 0 amide bonds. The minimum atomic E-state index is -1.05. The van der Waals surface area contributed by atoms with Crippen LogP contribution in [-0.2, 0) is 29.9 Å². The number of nitrogens with zero attached hydrogens (tertiary/aromatic N) is 2. The third-order valence-electron chi connectivity index (χ3n) is 3.88. The van der Waals surface area contributed by atoms with Gasteiger partial charge in [-0.05, 0) is 25.3 Å². The zero-order valence-corrected chi connectivity index (χ0v) is 13.4. The van der Waals surface area contributed by atoms with Crippen molar-refractivity contribution < 1.29 is 18.7 Å². The monoisotopic (exact) mass is 352 g/mol. The van der Waals surface area contributed by atoms with Crippen LogP contribution in [0.3, 0.4) is 0 Å². The minimum absolute atomic E-state index is 0.0500. The molecule has 0 aliphatic heterocycles. The van der Waals surface area contributed by atoms with E-state index >= 15 is 0 Å². The summed E-state index contributed by atoms with van der Waals surface area (Å²) in [4.78, 5) is 27.2. The van der Waals surface area contributed by atoms with Crippen molar-refractivity contribution in [1.82, 2.24) is 9.55 Å². The lowest BCUT2D eigenvalue weighted by Crippen LogP contribution is -2.24. The summed E-state index contributed by atoms with van der Waals surface area (Å²) < 4.78 is 28.5. The van der Waals surface area contributed by atoms with Crippen LogP contribution < -0.4 is 5.56 Å². The quantitative estimate of drug-likeness (QED) is 0.661. The van der Waals surface area contributed by atoms with E-state index in [1.165, 1.54) is 16.7 Å². The van der Waals surface area contributed by atoms with Crippen LogP contribution in [0.4, 0.5) is 8.78 Å². The molecule has 0 unspecified atom stereocenters. The Bertz CT molecular complexity index is 867. The number of aromatic nitrogens is 2. The Labute approximate surface area is 140 Å². The summed E-state index contributed by atoms with van der Waals surface area (Å²) in [7, 11) is 0. The lowest BCUT2D eigenvalue weighted by molar-refractivity contribution is -0.137. The number of thioether (sulfide) groups is 1. The van der Waals surface area contributed by atoms with Gasteiger partial charge in [-0.25, -0.2) is 8.78 Å². The fraction of sp³-hybridized carbons (Fsp3) is 0.312. The third kappa shape index (κ3) is 3.19. The van der Waals surface area contributed by atoms with E-state index in [0.29, 0.717) is 24.1 Å². The van der Waals surface area contributed by atoms with E-state index in [1.54, 1.807) is 0 Å². The summed E-state index contributed by atoms with van der Waals surface area (Å²) in [5.74, 6) is -2.89. The number of rotatable bonds is 5. The second-order valence-corrected chi connectivity index (χ2v) is 6.40. The van der Waals surface area contributed by atoms with Crippen LogP contribution in [0.2, 0.25) is 0 Å². The van der Waals surface area contributed by atoms with Gasteiger partial charge in [0.25, 0.3) is 5.56 Å². The fourth-order valence-corrected chi connectivity index (χ4v) is 3.78. The molecule has 2 aromatic rings. The summed E-state index contributed by atoms with van der Waals surface area (Å²) in [6.07, 6.45) is 1.98. The molecule has 24 heavy (non-hydrogen) atoms. The van der Waals surface area contributed by atoms with Crippen LogP contribution in [0.15, 0.2) is 28.2 Å². The maximum atomic E-state index is 13.7. The van der Waals surface area contributed by atoms with Crippen LogP contribution in [0.5, 0.6) is 0 Å². The second-order valence-electron chi connectivity index (χ2n) is 5.46. The molecule has 1 aromatic carbocycles. The molecule has 0 bridgehead atoms. The molecule has 1 heterocycles. The van der Waals surface area contributed by atoms with Crippen molar-refractivity contribution >= 4 is 17.7 Å². The molecule has 0 saturated heterocycles. The first-order valence-electron chi connectivity index (χ1n) is 7.37. The predicted molar refractivity (Wildman–Crippen MR) is 84.1 cm³/mol. The minimum Gasteiger partial charge on any atom is -0.480 e. The SMILES string of the molecule is O=C(O)Cn1c(SCc2cccc(F)c2F)nc(=O)c2c1CCC2. The van der Waals surface area contributed by atoms with Crippen molar-refractivity contribution in [3.05, 3.63) is 57.0 Å². The Morgan fingerprint density at radius 3 is 2.88 bits per heavy atom. The van der Waals surface area contributed by atoms with Crippen molar-refractivity contribution in [2.24, 2.45) is 0 Å². The number of halogens is 2. The van der Waals surface area contributed by atoms with Gasteiger partial charge in [-0.15, -0.1) is 0 Å². The highest BCUT2D eigenvalue weighted by Crippen LogP contribution is 2.27. The van der Waals surface area contributed by atoms with E-state index in [-0.39, 0.29) is 28.6 Å². The summed E-state index contributed by atoms with van der Waals surface area (Å²) in [6, 6.07) is 3.87. The number of hydrogen-bond donors (Lipinski definition) is 1. The summed E-state index contributed by atoms with van der Waals surface area (Å²) in [5, 5.41) is 9.33. The van der Waals surface area contributed by atoms with Gasteiger partial charge in [-0.3, -0.25) is 9.59 Å². The molecule has 3 rings (SSSR count). The zero-order chi connectivity index (χ0) is 17.3. The molecule has 1 N–H and O–H groups in total. The molecular weight excluding hydrogens is 338 g/mol. The van der Waals surface area contributed by atoms with Gasteiger partial charge in [-0.2, -0.15) is 4.98 Å². The number of aliphatic carboxylic acids is 1. The highest BCUT2D eigenvalue weighted by molar-refractivity contribution is 7.98. The van der Waals surface area contributed by atoms with Gasteiger partial charge < -0.3 is 9.67 Å². The Kier molecular flexibility index (Phi) is 4.66. The van der Waals surface area contributed by atoms with Crippen LogP contribution in [0, 0.1) is 11.6 Å². The van der Waals surface area contributed by atoms with Crippen molar-refractivity contribution in [2.45, 2.75) is 36.7 Å². The maximum absolute atomic E-state index is 13.7. The van der Waals surface area contributed by atoms with Crippen LogP contribution in [0.1, 0.15) is 23.2 Å². The molecule has 0 spiro atoms. The van der Waals surface area contributed by atoms with Gasteiger partial charge in [0.05, 0.1) is 0 Å². The number of fused-ring (bicyclic) bond motifs is 1. The molecule has 126 valence electrons. The van der Waals surface area contributed by atoms with E-state index < -0.39 is 17.6 Å². The summed E-state index contributed by atoms with van der Waals surface area (Å²) >= 11 is 1.03. The fourth-order valence-electron chi connectivity index (χ4n) is 2.80. The topological polar surface area (TPSA) is 72.2 Å². The number of carbonyl (C=O) groups is 1. The van der Waals surface area contributed by atoms with Crippen LogP contribution in [0.25, 0.3) is 0 Å². The molecular formula is C16H14F2N2O3S. The van der Waals surface area contributed by atoms with Gasteiger partial charge in [0, 0.05) is 22.6 Å². The van der Waals surface area contributed by atoms with E-state index in [4.69, 9.17) is 5.11 Å². The van der Waals surface area contributed by atoms with Gasteiger partial charge in [0.15, 0.2) is 16.8 Å². The Balaban J connectivity index is 1.95. The number of hydrogen-bond acceptors (Lipinski definition) is 4. The number of benzene rings is 1. The van der Waals surface area contributed by atoms with Gasteiger partial charge >= 0.3 is 5.97 Å². The Morgan fingerprint density at radius 1 is 1.33 bits per heavy atom. The lowest BCUT2D eigenvalue weighted by Gasteiger charge is -2.15. The standard InChI is InChI=1S/C16H14F2N2O3S/c17-11-5-1-3-9(14(11)18)8-24-16-19-15(23)10-4-2-6-12(10)20(16)7-13(21)22/h1,3,5H,2,4,6-8H2,(H,21,22). The first-order valence-corrected chi connectivity index (χ1v) is 8.36. The number of carboxylic acid groups (broad SMARTS) is 1. The van der Waals surface area contributed by atoms with Crippen LogP contribution in [-0.4, -0.2) is 20.6 Å². The second kappa shape index (κ2) is 6.72. The molecule has 0 fully saturated rings. The van der Waals surface area contributed by atoms with Crippen molar-refractivity contribution in [1.29, 1.82) is 0 Å². The van der Waals surface area contributed by atoms with E-state index in [1.807, 2.05) is 0 Å². The predicted octanol–water partition coefficient (Wildman–Crippen LogP) is 2.39. The molecule has 0 saturated carbocycles. The largest absolute Gasteiger partial charge is 0.480 e. The summed E-state index contributed by atoms with van der Waals surface area (Å²) in [6.45, 7) is -0.316. The lowest BCUT2D eigenvalue weighted by atomic mass is 10.2. The van der Waals surface area contributed by atoms with E-state index in [9.17, 15) is 18.4 Å². The van der Waals surface area contributed by atoms with Crippen LogP contribution >= 0.6 is 11.8 Å². The van der Waals surface area contributed by atoms with Gasteiger partial charge in [0.2, 0.25) is 0 Å².